The van der Waals surface area contributed by atoms with Crippen LogP contribution in [0.5, 0.6) is 0 Å². The van der Waals surface area contributed by atoms with Gasteiger partial charge >= 0.3 is 0 Å². The van der Waals surface area contributed by atoms with Crippen LogP contribution in [0, 0.1) is 5.41 Å². The lowest BCUT2D eigenvalue weighted by molar-refractivity contribution is -0.118. The van der Waals surface area contributed by atoms with Gasteiger partial charge in [-0.25, -0.2) is 0 Å². The molecule has 1 aliphatic heterocycles. The number of hydrogen-bond donors (Lipinski definition) is 1. The Bertz CT molecular complexity index is 249. The molecule has 0 aromatic heterocycles. The first-order chi connectivity index (χ1) is 7.63. The molecule has 0 unspecified atom stereocenters. The van der Waals surface area contributed by atoms with Gasteiger partial charge in [0.05, 0.1) is 0 Å². The highest BCUT2D eigenvalue weighted by Crippen LogP contribution is 2.43. The van der Waals surface area contributed by atoms with Crippen LogP contribution < -0.4 is 5.32 Å². The number of nitrogens with one attached hydrogen (secondary N) is 1. The van der Waals surface area contributed by atoms with E-state index in [1.54, 1.807) is 6.92 Å². The van der Waals surface area contributed by atoms with Crippen LogP contribution in [-0.4, -0.2) is 43.4 Å². The van der Waals surface area contributed by atoms with Crippen molar-refractivity contribution in [3.63, 3.8) is 0 Å². The number of carbonyl (C=O) groups excluding carboxylic acids is 1. The number of nitrogens with zero attached hydrogens (tertiary/aromatic N) is 1. The number of carbonyl (C=O) groups is 1. The lowest BCUT2D eigenvalue weighted by atomic mass is 9.67. The minimum Gasteiger partial charge on any atom is -0.317 e. The molecule has 3 nitrogen and oxygen atoms in total. The molecule has 2 rings (SSSR count). The Balaban J connectivity index is 1.69. The summed E-state index contributed by atoms with van der Waals surface area (Å²) in [6, 6.07) is 0.747. The standard InChI is InChI=1S/C13H24N2O/c1-11(16)5-8-15-9-13(10-15)6-3-12(14-2)4-7-13/h12,14H,3-10H2,1-2H3. The highest BCUT2D eigenvalue weighted by atomic mass is 16.1. The van der Waals surface area contributed by atoms with Gasteiger partial charge in [-0.3, -0.25) is 4.79 Å². The minimum atomic E-state index is 0.319. The van der Waals surface area contributed by atoms with Gasteiger partial charge in [0.25, 0.3) is 0 Å². The molecule has 1 saturated carbocycles. The van der Waals surface area contributed by atoms with Crippen LogP contribution in [0.15, 0.2) is 0 Å². The quantitative estimate of drug-likeness (QED) is 0.784. The van der Waals surface area contributed by atoms with Crippen LogP contribution in [0.3, 0.4) is 0 Å². The van der Waals surface area contributed by atoms with Crippen molar-refractivity contribution in [3.8, 4) is 0 Å². The Morgan fingerprint density at radius 3 is 2.50 bits per heavy atom. The molecule has 3 heteroatoms. The molecule has 2 fully saturated rings. The maximum atomic E-state index is 10.9. The van der Waals surface area contributed by atoms with Crippen molar-refractivity contribution in [2.24, 2.45) is 5.41 Å². The summed E-state index contributed by atoms with van der Waals surface area (Å²) in [5.74, 6) is 0.319. The third-order valence-electron chi connectivity index (χ3n) is 4.35. The van der Waals surface area contributed by atoms with Crippen molar-refractivity contribution in [3.05, 3.63) is 0 Å². The van der Waals surface area contributed by atoms with Gasteiger partial charge in [-0.1, -0.05) is 0 Å². The van der Waals surface area contributed by atoms with Gasteiger partial charge in [0, 0.05) is 32.1 Å². The second kappa shape index (κ2) is 4.84. The van der Waals surface area contributed by atoms with Crippen molar-refractivity contribution in [1.29, 1.82) is 0 Å². The molecule has 1 aliphatic carbocycles. The minimum absolute atomic E-state index is 0.319. The second-order valence-electron chi connectivity index (χ2n) is 5.73. The zero-order valence-corrected chi connectivity index (χ0v) is 10.6. The molecule has 1 spiro atoms. The number of rotatable bonds is 4. The molecule has 16 heavy (non-hydrogen) atoms. The van der Waals surface area contributed by atoms with E-state index in [9.17, 15) is 4.79 Å². The summed E-state index contributed by atoms with van der Waals surface area (Å²) in [6.45, 7) is 5.13. The predicted octanol–water partition coefficient (Wildman–Crippen LogP) is 1.43. The molecular formula is C13H24N2O. The normalized spacial score (nSPS) is 25.6. The highest BCUT2D eigenvalue weighted by molar-refractivity contribution is 5.75. The second-order valence-corrected chi connectivity index (χ2v) is 5.73. The summed E-state index contributed by atoms with van der Waals surface area (Å²) in [4.78, 5) is 13.3. The molecule has 0 amide bonds. The summed E-state index contributed by atoms with van der Waals surface area (Å²) in [5, 5.41) is 3.38. The van der Waals surface area contributed by atoms with Crippen LogP contribution in [0.2, 0.25) is 0 Å². The monoisotopic (exact) mass is 224 g/mol. The van der Waals surface area contributed by atoms with Crippen LogP contribution in [-0.2, 0) is 4.79 Å². The van der Waals surface area contributed by atoms with Gasteiger partial charge in [-0.15, -0.1) is 0 Å². The van der Waals surface area contributed by atoms with E-state index in [2.05, 4.69) is 17.3 Å². The van der Waals surface area contributed by atoms with Gasteiger partial charge < -0.3 is 10.2 Å². The number of hydrogen-bond acceptors (Lipinski definition) is 3. The van der Waals surface area contributed by atoms with Gasteiger partial charge in [0.15, 0.2) is 0 Å². The van der Waals surface area contributed by atoms with Crippen molar-refractivity contribution in [2.75, 3.05) is 26.7 Å². The van der Waals surface area contributed by atoms with E-state index in [1.807, 2.05) is 0 Å². The van der Waals surface area contributed by atoms with E-state index in [0.717, 1.165) is 19.0 Å². The molecule has 0 radical (unpaired) electrons. The largest absolute Gasteiger partial charge is 0.317 e. The molecule has 1 heterocycles. The highest BCUT2D eigenvalue weighted by Gasteiger charge is 2.44. The van der Waals surface area contributed by atoms with Crippen LogP contribution in [0.1, 0.15) is 39.0 Å². The lowest BCUT2D eigenvalue weighted by Crippen LogP contribution is -2.58. The summed E-state index contributed by atoms with van der Waals surface area (Å²) >= 11 is 0. The number of ketones is 1. The van der Waals surface area contributed by atoms with E-state index < -0.39 is 0 Å². The average molecular weight is 224 g/mol. The van der Waals surface area contributed by atoms with E-state index in [-0.39, 0.29) is 0 Å². The first-order valence-corrected chi connectivity index (χ1v) is 6.53. The predicted molar refractivity (Wildman–Crippen MR) is 65.5 cm³/mol. The van der Waals surface area contributed by atoms with Crippen LogP contribution >= 0.6 is 0 Å². The smallest absolute Gasteiger partial charge is 0.131 e. The SMILES string of the molecule is CNC1CCC2(CC1)CN(CCC(C)=O)C2. The Labute approximate surface area is 98.6 Å². The zero-order chi connectivity index (χ0) is 11.6. The molecule has 0 bridgehead atoms. The Morgan fingerprint density at radius 1 is 1.38 bits per heavy atom. The molecule has 0 atom stereocenters. The van der Waals surface area contributed by atoms with Crippen LogP contribution in [0.25, 0.3) is 0 Å². The number of Topliss-reactive ketones (excluding diaryl/α,β-unsaturated/α-hetero) is 1. The third-order valence-corrected chi connectivity index (χ3v) is 4.35. The Morgan fingerprint density at radius 2 is 2.00 bits per heavy atom. The van der Waals surface area contributed by atoms with Crippen molar-refractivity contribution in [2.45, 2.75) is 45.1 Å². The van der Waals surface area contributed by atoms with Crippen LogP contribution in [0.4, 0.5) is 0 Å². The number of likely N-dealkylation sites (tertiary alicyclic amines) is 1. The van der Waals surface area contributed by atoms with Gasteiger partial charge in [-0.2, -0.15) is 0 Å². The Hall–Kier alpha value is -0.410. The first kappa shape index (κ1) is 12.1. The summed E-state index contributed by atoms with van der Waals surface area (Å²) in [6.07, 6.45) is 6.13. The molecule has 92 valence electrons. The van der Waals surface area contributed by atoms with E-state index >= 15 is 0 Å². The maximum Gasteiger partial charge on any atom is 0.131 e. The van der Waals surface area contributed by atoms with Crippen molar-refractivity contribution in [1.82, 2.24) is 10.2 Å². The molecule has 0 aromatic carbocycles. The summed E-state index contributed by atoms with van der Waals surface area (Å²) in [5.41, 5.74) is 0.615. The molecule has 1 saturated heterocycles. The fourth-order valence-corrected chi connectivity index (χ4v) is 3.21. The van der Waals surface area contributed by atoms with Crippen molar-refractivity contribution >= 4 is 5.78 Å². The van der Waals surface area contributed by atoms with E-state index in [0.29, 0.717) is 11.2 Å². The zero-order valence-electron chi connectivity index (χ0n) is 10.6. The topological polar surface area (TPSA) is 32.3 Å². The van der Waals surface area contributed by atoms with E-state index in [1.165, 1.54) is 38.8 Å². The van der Waals surface area contributed by atoms with Gasteiger partial charge in [-0.05, 0) is 45.1 Å². The van der Waals surface area contributed by atoms with E-state index in [4.69, 9.17) is 0 Å². The third kappa shape index (κ3) is 2.64. The first-order valence-electron chi connectivity index (χ1n) is 6.53. The molecule has 2 aliphatic rings. The fourth-order valence-electron chi connectivity index (χ4n) is 3.21. The van der Waals surface area contributed by atoms with Gasteiger partial charge in [0.2, 0.25) is 0 Å². The Kier molecular flexibility index (Phi) is 3.65. The molecule has 0 aromatic rings. The lowest BCUT2D eigenvalue weighted by Gasteiger charge is -2.53. The van der Waals surface area contributed by atoms with Gasteiger partial charge in [0.1, 0.15) is 5.78 Å². The molecule has 1 N–H and O–H groups in total. The molecular weight excluding hydrogens is 200 g/mol. The maximum absolute atomic E-state index is 10.9. The van der Waals surface area contributed by atoms with Crippen molar-refractivity contribution < 1.29 is 4.79 Å². The summed E-state index contributed by atoms with van der Waals surface area (Å²) < 4.78 is 0. The average Bonchev–Trinajstić information content (AvgIpc) is 2.24. The summed E-state index contributed by atoms with van der Waals surface area (Å²) in [7, 11) is 2.07. The fraction of sp³-hybridized carbons (Fsp3) is 0.923.